The van der Waals surface area contributed by atoms with Gasteiger partial charge in [-0.2, -0.15) is 0 Å². The van der Waals surface area contributed by atoms with Gasteiger partial charge in [0.2, 0.25) is 0 Å². The van der Waals surface area contributed by atoms with Crippen LogP contribution < -0.4 is 5.32 Å². The van der Waals surface area contributed by atoms with Crippen LogP contribution in [0.2, 0.25) is 0 Å². The maximum Gasteiger partial charge on any atom is 0.140 e. The molecule has 0 aliphatic carbocycles. The number of aromatic nitrogens is 2. The third-order valence-corrected chi connectivity index (χ3v) is 3.79. The van der Waals surface area contributed by atoms with Crippen LogP contribution in [0.4, 0.5) is 5.82 Å². The van der Waals surface area contributed by atoms with Gasteiger partial charge in [0, 0.05) is 23.2 Å². The van der Waals surface area contributed by atoms with E-state index in [0.717, 1.165) is 29.4 Å². The van der Waals surface area contributed by atoms with Crippen LogP contribution in [0.15, 0.2) is 30.3 Å². The summed E-state index contributed by atoms with van der Waals surface area (Å²) in [6.45, 7) is 11.4. The number of anilines is 1. The highest BCUT2D eigenvalue weighted by Crippen LogP contribution is 2.30. The summed E-state index contributed by atoms with van der Waals surface area (Å²) in [6.07, 6.45) is 0. The fourth-order valence-corrected chi connectivity index (χ4v) is 2.23. The van der Waals surface area contributed by atoms with E-state index < -0.39 is 0 Å². The zero-order chi connectivity index (χ0) is 14.8. The summed E-state index contributed by atoms with van der Waals surface area (Å²) in [6, 6.07) is 10.4. The van der Waals surface area contributed by atoms with E-state index in [2.05, 4.69) is 57.3 Å². The Hall–Kier alpha value is -1.90. The summed E-state index contributed by atoms with van der Waals surface area (Å²) in [5, 5.41) is 3.33. The first-order valence-corrected chi connectivity index (χ1v) is 7.12. The highest BCUT2D eigenvalue weighted by Gasteiger charge is 2.27. The molecule has 0 unspecified atom stereocenters. The third kappa shape index (κ3) is 2.67. The molecule has 1 N–H and O–H groups in total. The van der Waals surface area contributed by atoms with E-state index in [1.165, 1.54) is 5.56 Å². The molecule has 0 fully saturated rings. The molecule has 2 rings (SSSR count). The monoisotopic (exact) mass is 269 g/mol. The van der Waals surface area contributed by atoms with Crippen LogP contribution in [-0.4, -0.2) is 16.5 Å². The first kappa shape index (κ1) is 14.5. The Kier molecular flexibility index (Phi) is 4.07. The largest absolute Gasteiger partial charge is 0.370 e. The molecule has 0 aliphatic rings. The van der Waals surface area contributed by atoms with E-state index in [0.29, 0.717) is 0 Å². The van der Waals surface area contributed by atoms with Gasteiger partial charge in [0.15, 0.2) is 0 Å². The van der Waals surface area contributed by atoms with Gasteiger partial charge in [0.25, 0.3) is 0 Å². The van der Waals surface area contributed by atoms with Crippen molar-refractivity contribution in [3.05, 3.63) is 53.0 Å². The summed E-state index contributed by atoms with van der Waals surface area (Å²) < 4.78 is 0. The topological polar surface area (TPSA) is 37.8 Å². The normalized spacial score (nSPS) is 11.4. The Morgan fingerprint density at radius 2 is 1.70 bits per heavy atom. The lowest BCUT2D eigenvalue weighted by molar-refractivity contribution is 0.587. The summed E-state index contributed by atoms with van der Waals surface area (Å²) in [7, 11) is 0. The molecule has 0 amide bonds. The second kappa shape index (κ2) is 5.61. The SMILES string of the molecule is CCNc1nc(C(C)(C)c2ccccc2)nc(C)c1C. The Bertz CT molecular complexity index is 589. The summed E-state index contributed by atoms with van der Waals surface area (Å²) in [5.41, 5.74) is 3.18. The number of nitrogens with zero attached hydrogens (tertiary/aromatic N) is 2. The van der Waals surface area contributed by atoms with E-state index in [1.807, 2.05) is 13.0 Å². The van der Waals surface area contributed by atoms with Crippen molar-refractivity contribution in [2.45, 2.75) is 40.0 Å². The summed E-state index contributed by atoms with van der Waals surface area (Å²) >= 11 is 0. The Labute approximate surface area is 121 Å². The lowest BCUT2D eigenvalue weighted by atomic mass is 9.83. The van der Waals surface area contributed by atoms with Gasteiger partial charge < -0.3 is 5.32 Å². The fourth-order valence-electron chi connectivity index (χ4n) is 2.23. The van der Waals surface area contributed by atoms with Crippen molar-refractivity contribution in [3.8, 4) is 0 Å². The minimum atomic E-state index is -0.204. The molecule has 2 aromatic rings. The highest BCUT2D eigenvalue weighted by molar-refractivity contribution is 5.47. The van der Waals surface area contributed by atoms with E-state index >= 15 is 0 Å². The van der Waals surface area contributed by atoms with Crippen LogP contribution in [0.1, 0.15) is 43.4 Å². The van der Waals surface area contributed by atoms with Gasteiger partial charge in [-0.1, -0.05) is 30.3 Å². The van der Waals surface area contributed by atoms with Crippen molar-refractivity contribution >= 4 is 5.82 Å². The molecule has 1 heterocycles. The molecule has 3 heteroatoms. The van der Waals surface area contributed by atoms with Crippen LogP contribution in [0, 0.1) is 13.8 Å². The second-order valence-corrected chi connectivity index (χ2v) is 5.63. The van der Waals surface area contributed by atoms with Crippen molar-refractivity contribution in [2.75, 3.05) is 11.9 Å². The van der Waals surface area contributed by atoms with Gasteiger partial charge in [-0.15, -0.1) is 0 Å². The Balaban J connectivity index is 2.52. The van der Waals surface area contributed by atoms with Crippen LogP contribution in [0.5, 0.6) is 0 Å². The van der Waals surface area contributed by atoms with E-state index in [-0.39, 0.29) is 5.41 Å². The van der Waals surface area contributed by atoms with Gasteiger partial charge in [0.1, 0.15) is 11.6 Å². The minimum Gasteiger partial charge on any atom is -0.370 e. The van der Waals surface area contributed by atoms with Crippen molar-refractivity contribution in [3.63, 3.8) is 0 Å². The van der Waals surface area contributed by atoms with Crippen molar-refractivity contribution in [1.82, 2.24) is 9.97 Å². The van der Waals surface area contributed by atoms with Crippen LogP contribution in [0.3, 0.4) is 0 Å². The molecule has 0 bridgehead atoms. The number of aryl methyl sites for hydroxylation is 1. The van der Waals surface area contributed by atoms with E-state index in [1.54, 1.807) is 0 Å². The molecular formula is C17H23N3. The van der Waals surface area contributed by atoms with Crippen molar-refractivity contribution < 1.29 is 0 Å². The summed E-state index contributed by atoms with van der Waals surface area (Å²) in [4.78, 5) is 9.46. The molecule has 3 nitrogen and oxygen atoms in total. The summed E-state index contributed by atoms with van der Waals surface area (Å²) in [5.74, 6) is 1.81. The molecule has 0 spiro atoms. The zero-order valence-electron chi connectivity index (χ0n) is 13.0. The zero-order valence-corrected chi connectivity index (χ0v) is 13.0. The Morgan fingerprint density at radius 1 is 1.05 bits per heavy atom. The van der Waals surface area contributed by atoms with Gasteiger partial charge in [-0.25, -0.2) is 9.97 Å². The minimum absolute atomic E-state index is 0.204. The predicted octanol–water partition coefficient (Wildman–Crippen LogP) is 3.85. The van der Waals surface area contributed by atoms with Crippen LogP contribution in [0.25, 0.3) is 0 Å². The molecule has 0 saturated heterocycles. The van der Waals surface area contributed by atoms with Gasteiger partial charge in [-0.05, 0) is 40.2 Å². The average molecular weight is 269 g/mol. The van der Waals surface area contributed by atoms with E-state index in [9.17, 15) is 0 Å². The standard InChI is InChI=1S/C17H23N3/c1-6-18-15-12(2)13(3)19-16(20-15)17(4,5)14-10-8-7-9-11-14/h7-11H,6H2,1-5H3,(H,18,19,20). The van der Waals surface area contributed by atoms with E-state index in [4.69, 9.17) is 9.97 Å². The number of benzene rings is 1. The first-order chi connectivity index (χ1) is 9.46. The quantitative estimate of drug-likeness (QED) is 0.916. The smallest absolute Gasteiger partial charge is 0.140 e. The third-order valence-electron chi connectivity index (χ3n) is 3.79. The number of rotatable bonds is 4. The molecule has 106 valence electrons. The van der Waals surface area contributed by atoms with Crippen molar-refractivity contribution in [1.29, 1.82) is 0 Å². The number of hydrogen-bond acceptors (Lipinski definition) is 3. The second-order valence-electron chi connectivity index (χ2n) is 5.63. The van der Waals surface area contributed by atoms with Gasteiger partial charge in [-0.3, -0.25) is 0 Å². The van der Waals surface area contributed by atoms with Gasteiger partial charge >= 0.3 is 0 Å². The maximum atomic E-state index is 4.75. The highest BCUT2D eigenvalue weighted by atomic mass is 15.0. The number of hydrogen-bond donors (Lipinski definition) is 1. The van der Waals surface area contributed by atoms with Gasteiger partial charge in [0.05, 0.1) is 0 Å². The number of nitrogens with one attached hydrogen (secondary N) is 1. The molecular weight excluding hydrogens is 246 g/mol. The lowest BCUT2D eigenvalue weighted by Crippen LogP contribution is -2.24. The van der Waals surface area contributed by atoms with Crippen molar-refractivity contribution in [2.24, 2.45) is 0 Å². The Morgan fingerprint density at radius 3 is 2.30 bits per heavy atom. The molecule has 0 aliphatic heterocycles. The fraction of sp³-hybridized carbons (Fsp3) is 0.412. The average Bonchev–Trinajstić information content (AvgIpc) is 2.44. The lowest BCUT2D eigenvalue weighted by Gasteiger charge is -2.25. The molecule has 1 aromatic heterocycles. The maximum absolute atomic E-state index is 4.75. The molecule has 0 saturated carbocycles. The molecule has 0 radical (unpaired) electrons. The molecule has 20 heavy (non-hydrogen) atoms. The van der Waals surface area contributed by atoms with Crippen LogP contribution >= 0.6 is 0 Å². The van der Waals surface area contributed by atoms with Crippen LogP contribution in [-0.2, 0) is 5.41 Å². The molecule has 0 atom stereocenters. The predicted molar refractivity (Wildman–Crippen MR) is 84.2 cm³/mol. The first-order valence-electron chi connectivity index (χ1n) is 7.12. The molecule has 1 aromatic carbocycles.